The normalized spacial score (nSPS) is 12.4. The third-order valence-corrected chi connectivity index (χ3v) is 2.63. The maximum Gasteiger partial charge on any atom is 0.304 e. The van der Waals surface area contributed by atoms with Gasteiger partial charge in [0.2, 0.25) is 5.91 Å². The van der Waals surface area contributed by atoms with Crippen molar-refractivity contribution in [3.05, 3.63) is 20.7 Å². The van der Waals surface area contributed by atoms with Crippen LogP contribution in [-0.2, 0) is 11.3 Å². The number of hydrogen-bond donors (Lipinski definition) is 3. The van der Waals surface area contributed by atoms with Gasteiger partial charge in [-0.2, -0.15) is 0 Å². The predicted molar refractivity (Wildman–Crippen MR) is 59.9 cm³/mol. The largest absolute Gasteiger partial charge is 0.355 e. The third kappa shape index (κ3) is 3.85. The second-order valence-electron chi connectivity index (χ2n) is 3.17. The lowest BCUT2D eigenvalue weighted by Crippen LogP contribution is -2.41. The van der Waals surface area contributed by atoms with E-state index in [9.17, 15) is 9.59 Å². The van der Waals surface area contributed by atoms with E-state index in [0.29, 0.717) is 13.1 Å². The molecule has 5 nitrogen and oxygen atoms in total. The Morgan fingerprint density at radius 2 is 2.40 bits per heavy atom. The summed E-state index contributed by atoms with van der Waals surface area (Å²) in [4.78, 5) is 24.8. The molecule has 0 saturated heterocycles. The van der Waals surface area contributed by atoms with Gasteiger partial charge in [0.15, 0.2) is 0 Å². The van der Waals surface area contributed by atoms with Crippen LogP contribution in [0.25, 0.3) is 0 Å². The van der Waals surface area contributed by atoms with Crippen LogP contribution in [-0.4, -0.2) is 23.5 Å². The number of likely N-dealkylation sites (N-methyl/N-ethyl adjacent to an activating group) is 1. The van der Waals surface area contributed by atoms with Crippen LogP contribution >= 0.6 is 11.3 Å². The SMILES string of the molecule is CCNC(=O)C(C)NCc1csc(=O)[nH]1. The number of amides is 1. The Kier molecular flexibility index (Phi) is 4.51. The zero-order valence-electron chi connectivity index (χ0n) is 8.79. The average molecular weight is 229 g/mol. The highest BCUT2D eigenvalue weighted by atomic mass is 32.1. The van der Waals surface area contributed by atoms with Crippen LogP contribution in [0.1, 0.15) is 19.5 Å². The summed E-state index contributed by atoms with van der Waals surface area (Å²) in [7, 11) is 0. The van der Waals surface area contributed by atoms with Crippen LogP contribution in [0.4, 0.5) is 0 Å². The summed E-state index contributed by atoms with van der Waals surface area (Å²) in [6.45, 7) is 4.79. The Balaban J connectivity index is 2.37. The van der Waals surface area contributed by atoms with Crippen molar-refractivity contribution in [2.24, 2.45) is 0 Å². The number of rotatable bonds is 5. The van der Waals surface area contributed by atoms with Gasteiger partial charge < -0.3 is 15.6 Å². The van der Waals surface area contributed by atoms with Crippen molar-refractivity contribution in [1.29, 1.82) is 0 Å². The molecule has 1 aromatic rings. The van der Waals surface area contributed by atoms with Crippen molar-refractivity contribution in [2.75, 3.05) is 6.54 Å². The molecule has 1 rings (SSSR count). The van der Waals surface area contributed by atoms with Gasteiger partial charge in [0, 0.05) is 24.2 Å². The number of H-pyrrole nitrogens is 1. The molecule has 0 radical (unpaired) electrons. The topological polar surface area (TPSA) is 74.0 Å². The molecule has 84 valence electrons. The maximum absolute atomic E-state index is 11.3. The summed E-state index contributed by atoms with van der Waals surface area (Å²) in [6, 6.07) is -0.256. The van der Waals surface area contributed by atoms with E-state index in [-0.39, 0.29) is 16.8 Å². The Morgan fingerprint density at radius 3 is 2.93 bits per heavy atom. The van der Waals surface area contributed by atoms with Gasteiger partial charge in [0.1, 0.15) is 0 Å². The van der Waals surface area contributed by atoms with Crippen molar-refractivity contribution >= 4 is 17.2 Å². The van der Waals surface area contributed by atoms with Crippen molar-refractivity contribution in [1.82, 2.24) is 15.6 Å². The number of hydrogen-bond acceptors (Lipinski definition) is 4. The summed E-state index contributed by atoms with van der Waals surface area (Å²) >= 11 is 1.12. The second kappa shape index (κ2) is 5.67. The Morgan fingerprint density at radius 1 is 1.67 bits per heavy atom. The van der Waals surface area contributed by atoms with Crippen LogP contribution in [0, 0.1) is 0 Å². The van der Waals surface area contributed by atoms with Gasteiger partial charge in [-0.3, -0.25) is 9.59 Å². The fourth-order valence-electron chi connectivity index (χ4n) is 1.08. The van der Waals surface area contributed by atoms with Gasteiger partial charge in [-0.25, -0.2) is 0 Å². The smallest absolute Gasteiger partial charge is 0.304 e. The van der Waals surface area contributed by atoms with Gasteiger partial charge in [0.05, 0.1) is 6.04 Å². The van der Waals surface area contributed by atoms with Crippen LogP contribution in [0.15, 0.2) is 10.2 Å². The minimum absolute atomic E-state index is 0.0323. The molecule has 0 aliphatic carbocycles. The van der Waals surface area contributed by atoms with Gasteiger partial charge in [0.25, 0.3) is 0 Å². The summed E-state index contributed by atoms with van der Waals surface area (Å²) in [5.41, 5.74) is 0.807. The Bertz CT molecular complexity index is 371. The number of nitrogens with one attached hydrogen (secondary N) is 3. The molecule has 0 bridgehead atoms. The molecule has 1 heterocycles. The molecule has 1 amide bonds. The van der Waals surface area contributed by atoms with Gasteiger partial charge in [-0.15, -0.1) is 0 Å². The number of thiazole rings is 1. The molecule has 3 N–H and O–H groups in total. The zero-order chi connectivity index (χ0) is 11.3. The summed E-state index contributed by atoms with van der Waals surface area (Å²) < 4.78 is 0. The molecule has 0 spiro atoms. The van der Waals surface area contributed by atoms with E-state index in [1.165, 1.54) is 0 Å². The molecule has 1 unspecified atom stereocenters. The summed E-state index contributed by atoms with van der Waals surface area (Å²) in [5.74, 6) is -0.0323. The van der Waals surface area contributed by atoms with Crippen molar-refractivity contribution in [2.45, 2.75) is 26.4 Å². The molecule has 6 heteroatoms. The first kappa shape index (κ1) is 11.9. The average Bonchev–Trinajstić information content (AvgIpc) is 2.61. The molecule has 1 aromatic heterocycles. The first-order valence-corrected chi connectivity index (χ1v) is 5.69. The minimum Gasteiger partial charge on any atom is -0.355 e. The molecule has 0 saturated carbocycles. The molecule has 0 aliphatic rings. The first-order chi connectivity index (χ1) is 7.13. The quantitative estimate of drug-likeness (QED) is 0.668. The predicted octanol–water partition coefficient (Wildman–Crippen LogP) is 0.0506. The monoisotopic (exact) mass is 229 g/mol. The fraction of sp³-hybridized carbons (Fsp3) is 0.556. The molecule has 15 heavy (non-hydrogen) atoms. The molecule has 0 fully saturated rings. The van der Waals surface area contributed by atoms with E-state index in [4.69, 9.17) is 0 Å². The summed E-state index contributed by atoms with van der Waals surface area (Å²) in [5, 5.41) is 7.49. The van der Waals surface area contributed by atoms with Crippen LogP contribution in [0.3, 0.4) is 0 Å². The number of aromatic amines is 1. The van der Waals surface area contributed by atoms with Crippen LogP contribution in [0.5, 0.6) is 0 Å². The molecule has 0 aliphatic heterocycles. The number of aromatic nitrogens is 1. The highest BCUT2D eigenvalue weighted by Crippen LogP contribution is 1.95. The molecule has 0 aromatic carbocycles. The van der Waals surface area contributed by atoms with E-state index in [0.717, 1.165) is 17.0 Å². The lowest BCUT2D eigenvalue weighted by molar-refractivity contribution is -0.122. The molecular weight excluding hydrogens is 214 g/mol. The van der Waals surface area contributed by atoms with Gasteiger partial charge in [-0.1, -0.05) is 11.3 Å². The van der Waals surface area contributed by atoms with Crippen LogP contribution < -0.4 is 15.5 Å². The second-order valence-corrected chi connectivity index (χ2v) is 4.01. The maximum atomic E-state index is 11.3. The standard InChI is InChI=1S/C9H15N3O2S/c1-3-10-8(13)6(2)11-4-7-5-15-9(14)12-7/h5-6,11H,3-4H2,1-2H3,(H,10,13)(H,12,14). The molecular formula is C9H15N3O2S. The van der Waals surface area contributed by atoms with E-state index < -0.39 is 0 Å². The Hall–Kier alpha value is -1.14. The van der Waals surface area contributed by atoms with E-state index in [1.54, 1.807) is 12.3 Å². The van der Waals surface area contributed by atoms with E-state index >= 15 is 0 Å². The first-order valence-electron chi connectivity index (χ1n) is 4.81. The van der Waals surface area contributed by atoms with Gasteiger partial charge >= 0.3 is 4.87 Å². The van der Waals surface area contributed by atoms with E-state index in [1.807, 2.05) is 6.92 Å². The molecule has 1 atom stereocenters. The zero-order valence-corrected chi connectivity index (χ0v) is 9.61. The van der Waals surface area contributed by atoms with E-state index in [2.05, 4.69) is 15.6 Å². The lowest BCUT2D eigenvalue weighted by Gasteiger charge is -2.12. The summed E-state index contributed by atoms with van der Waals surface area (Å²) in [6.07, 6.45) is 0. The third-order valence-electron chi connectivity index (χ3n) is 1.91. The highest BCUT2D eigenvalue weighted by Gasteiger charge is 2.10. The minimum atomic E-state index is -0.256. The highest BCUT2D eigenvalue weighted by molar-refractivity contribution is 7.07. The Labute approximate surface area is 91.9 Å². The van der Waals surface area contributed by atoms with Crippen molar-refractivity contribution in [3.8, 4) is 0 Å². The van der Waals surface area contributed by atoms with Crippen molar-refractivity contribution in [3.63, 3.8) is 0 Å². The van der Waals surface area contributed by atoms with Gasteiger partial charge in [-0.05, 0) is 13.8 Å². The lowest BCUT2D eigenvalue weighted by atomic mass is 10.3. The fourth-order valence-corrected chi connectivity index (χ4v) is 1.67. The van der Waals surface area contributed by atoms with Crippen LogP contribution in [0.2, 0.25) is 0 Å². The number of carbonyl (C=O) groups excluding carboxylic acids is 1. The number of carbonyl (C=O) groups is 1. The van der Waals surface area contributed by atoms with Crippen molar-refractivity contribution < 1.29 is 4.79 Å².